The fraction of sp³-hybridized carbons (Fsp3) is 0.312. The highest BCUT2D eigenvalue weighted by molar-refractivity contribution is 5.85. The van der Waals surface area contributed by atoms with E-state index in [-0.39, 0.29) is 17.8 Å². The van der Waals surface area contributed by atoms with Crippen molar-refractivity contribution in [1.82, 2.24) is 19.5 Å². The molecule has 7 nitrogen and oxygen atoms in total. The zero-order valence-electron chi connectivity index (χ0n) is 12.8. The van der Waals surface area contributed by atoms with Gasteiger partial charge in [0.1, 0.15) is 12.0 Å². The summed E-state index contributed by atoms with van der Waals surface area (Å²) in [6, 6.07) is 6.50. The molecule has 124 valence electrons. The number of aromatic nitrogens is 4. The van der Waals surface area contributed by atoms with Crippen LogP contribution in [0.4, 0.5) is 15.9 Å². The maximum atomic E-state index is 13.9. The highest BCUT2D eigenvalue weighted by atomic mass is 19.1. The second-order valence-corrected chi connectivity index (χ2v) is 5.66. The molecule has 8 heteroatoms. The predicted molar refractivity (Wildman–Crippen MR) is 85.5 cm³/mol. The van der Waals surface area contributed by atoms with Gasteiger partial charge in [0.05, 0.1) is 6.33 Å². The molecule has 1 aliphatic heterocycles. The fourth-order valence-corrected chi connectivity index (χ4v) is 2.85. The average molecular weight is 329 g/mol. The Bertz CT molecular complexity index is 876. The molecule has 3 heterocycles. The number of nitrogens with one attached hydrogen (secondary N) is 1. The van der Waals surface area contributed by atoms with Gasteiger partial charge in [-0.3, -0.25) is 4.57 Å². The molecule has 1 aliphatic rings. The number of anilines is 2. The fourth-order valence-electron chi connectivity index (χ4n) is 2.85. The molecule has 2 aromatic heterocycles. The van der Waals surface area contributed by atoms with Crippen LogP contribution in [0.5, 0.6) is 5.75 Å². The molecule has 0 aliphatic carbocycles. The van der Waals surface area contributed by atoms with Crippen LogP contribution in [0.2, 0.25) is 0 Å². The van der Waals surface area contributed by atoms with Crippen molar-refractivity contribution in [2.75, 3.05) is 11.9 Å². The van der Waals surface area contributed by atoms with E-state index in [2.05, 4.69) is 20.3 Å². The Morgan fingerprint density at radius 2 is 2.21 bits per heavy atom. The van der Waals surface area contributed by atoms with Crippen LogP contribution >= 0.6 is 0 Å². The summed E-state index contributed by atoms with van der Waals surface area (Å²) in [6.07, 6.45) is 3.48. The smallest absolute Gasteiger partial charge is 0.312 e. The highest BCUT2D eigenvalue weighted by Crippen LogP contribution is 2.29. The van der Waals surface area contributed by atoms with Crippen molar-refractivity contribution in [3.63, 3.8) is 0 Å². The molecule has 0 bridgehead atoms. The van der Waals surface area contributed by atoms with Gasteiger partial charge in [-0.1, -0.05) is 6.07 Å². The van der Waals surface area contributed by atoms with Gasteiger partial charge in [0.2, 0.25) is 0 Å². The number of fused-ring (bicyclic) bond motifs is 1. The van der Waals surface area contributed by atoms with E-state index in [1.54, 1.807) is 29.1 Å². The number of phenolic OH excluding ortho intramolecular Hbond substituents is 1. The SMILES string of the molecule is Oc1cccc(Nc2nc(F)nc3c2ncn3C2CCCCO2)c1. The van der Waals surface area contributed by atoms with E-state index < -0.39 is 6.08 Å². The van der Waals surface area contributed by atoms with E-state index in [9.17, 15) is 9.50 Å². The van der Waals surface area contributed by atoms with Gasteiger partial charge < -0.3 is 15.2 Å². The summed E-state index contributed by atoms with van der Waals surface area (Å²) in [5, 5.41) is 12.5. The second kappa shape index (κ2) is 6.04. The molecule has 1 atom stereocenters. The number of imidazole rings is 1. The van der Waals surface area contributed by atoms with Gasteiger partial charge in [0.15, 0.2) is 17.0 Å². The lowest BCUT2D eigenvalue weighted by atomic mass is 10.2. The largest absolute Gasteiger partial charge is 0.508 e. The third kappa shape index (κ3) is 2.76. The van der Waals surface area contributed by atoms with E-state index in [1.807, 2.05) is 0 Å². The lowest BCUT2D eigenvalue weighted by molar-refractivity contribution is -0.0298. The summed E-state index contributed by atoms with van der Waals surface area (Å²) in [4.78, 5) is 12.0. The van der Waals surface area contributed by atoms with Crippen LogP contribution in [0.1, 0.15) is 25.5 Å². The van der Waals surface area contributed by atoms with Crippen LogP contribution in [0.3, 0.4) is 0 Å². The van der Waals surface area contributed by atoms with Gasteiger partial charge in [-0.2, -0.15) is 14.4 Å². The van der Waals surface area contributed by atoms with Crippen LogP contribution in [-0.2, 0) is 4.74 Å². The first-order chi connectivity index (χ1) is 11.7. The molecule has 0 radical (unpaired) electrons. The van der Waals surface area contributed by atoms with Gasteiger partial charge in [-0.25, -0.2) is 4.98 Å². The summed E-state index contributed by atoms with van der Waals surface area (Å²) < 4.78 is 21.4. The highest BCUT2D eigenvalue weighted by Gasteiger charge is 2.21. The summed E-state index contributed by atoms with van der Waals surface area (Å²) in [5.41, 5.74) is 1.42. The maximum absolute atomic E-state index is 13.9. The standard InChI is InChI=1S/C16H16FN5O2/c17-16-20-14(19-10-4-3-5-11(23)8-10)13-15(21-16)22(9-18-13)12-6-1-2-7-24-12/h3-5,8-9,12,23H,1-2,6-7H2,(H,19,20,21). The molecule has 0 saturated carbocycles. The Morgan fingerprint density at radius 3 is 3.00 bits per heavy atom. The monoisotopic (exact) mass is 329 g/mol. The zero-order chi connectivity index (χ0) is 16.5. The minimum absolute atomic E-state index is 0.104. The van der Waals surface area contributed by atoms with Gasteiger partial charge in [-0.05, 0) is 31.4 Å². The molecular weight excluding hydrogens is 313 g/mol. The minimum atomic E-state index is -0.845. The van der Waals surface area contributed by atoms with Crippen molar-refractivity contribution in [2.45, 2.75) is 25.5 Å². The lowest BCUT2D eigenvalue weighted by Crippen LogP contribution is -2.18. The third-order valence-corrected chi connectivity index (χ3v) is 3.97. The molecule has 1 aromatic carbocycles. The number of phenols is 1. The Morgan fingerprint density at radius 1 is 1.29 bits per heavy atom. The van der Waals surface area contributed by atoms with Crippen LogP contribution in [0.15, 0.2) is 30.6 Å². The quantitative estimate of drug-likeness (QED) is 0.718. The summed E-state index contributed by atoms with van der Waals surface area (Å²) >= 11 is 0. The van der Waals surface area contributed by atoms with Gasteiger partial charge in [-0.15, -0.1) is 0 Å². The third-order valence-electron chi connectivity index (χ3n) is 3.97. The van der Waals surface area contributed by atoms with Gasteiger partial charge in [0, 0.05) is 18.4 Å². The number of halogens is 1. The van der Waals surface area contributed by atoms with Crippen molar-refractivity contribution in [3.05, 3.63) is 36.7 Å². The maximum Gasteiger partial charge on any atom is 0.312 e. The lowest BCUT2D eigenvalue weighted by Gasteiger charge is -2.23. The molecule has 1 saturated heterocycles. The molecule has 24 heavy (non-hydrogen) atoms. The van der Waals surface area contributed by atoms with Crippen molar-refractivity contribution in [2.24, 2.45) is 0 Å². The minimum Gasteiger partial charge on any atom is -0.508 e. The first kappa shape index (κ1) is 14.8. The number of ether oxygens (including phenoxy) is 1. The van der Waals surface area contributed by atoms with E-state index in [0.717, 1.165) is 19.3 Å². The number of rotatable bonds is 3. The van der Waals surface area contributed by atoms with E-state index in [4.69, 9.17) is 4.74 Å². The Hall–Kier alpha value is -2.74. The van der Waals surface area contributed by atoms with Gasteiger partial charge >= 0.3 is 6.08 Å². The van der Waals surface area contributed by atoms with Crippen molar-refractivity contribution in [3.8, 4) is 5.75 Å². The van der Waals surface area contributed by atoms with Crippen LogP contribution in [0.25, 0.3) is 11.2 Å². The number of hydrogen-bond donors (Lipinski definition) is 2. The first-order valence-electron chi connectivity index (χ1n) is 7.78. The topological polar surface area (TPSA) is 85.1 Å². The number of benzene rings is 1. The number of nitrogens with zero attached hydrogens (tertiary/aromatic N) is 4. The normalized spacial score (nSPS) is 18.0. The molecule has 0 amide bonds. The van der Waals surface area contributed by atoms with E-state index >= 15 is 0 Å². The van der Waals surface area contributed by atoms with E-state index in [0.29, 0.717) is 23.5 Å². The summed E-state index contributed by atoms with van der Waals surface area (Å²) in [7, 11) is 0. The van der Waals surface area contributed by atoms with Crippen LogP contribution in [0, 0.1) is 6.08 Å². The molecule has 1 fully saturated rings. The Kier molecular flexibility index (Phi) is 3.73. The average Bonchev–Trinajstić information content (AvgIpc) is 2.99. The Balaban J connectivity index is 1.74. The molecule has 1 unspecified atom stereocenters. The molecule has 3 aromatic rings. The Labute approximate surface area is 137 Å². The molecular formula is C16H16FN5O2. The second-order valence-electron chi connectivity index (χ2n) is 5.66. The van der Waals surface area contributed by atoms with Crippen molar-refractivity contribution < 1.29 is 14.2 Å². The molecule has 2 N–H and O–H groups in total. The number of hydrogen-bond acceptors (Lipinski definition) is 6. The van der Waals surface area contributed by atoms with Gasteiger partial charge in [0.25, 0.3) is 0 Å². The summed E-state index contributed by atoms with van der Waals surface area (Å²) in [5.74, 6) is 0.351. The summed E-state index contributed by atoms with van der Waals surface area (Å²) in [6.45, 7) is 0.673. The number of aromatic hydroxyl groups is 1. The van der Waals surface area contributed by atoms with Crippen molar-refractivity contribution >= 4 is 22.7 Å². The predicted octanol–water partition coefficient (Wildman–Crippen LogP) is 3.11. The van der Waals surface area contributed by atoms with Crippen LogP contribution in [-0.4, -0.2) is 31.2 Å². The van der Waals surface area contributed by atoms with Crippen molar-refractivity contribution in [1.29, 1.82) is 0 Å². The first-order valence-corrected chi connectivity index (χ1v) is 7.78. The molecule has 0 spiro atoms. The van der Waals surface area contributed by atoms with Crippen LogP contribution < -0.4 is 5.32 Å². The van der Waals surface area contributed by atoms with E-state index in [1.165, 1.54) is 6.07 Å². The zero-order valence-corrected chi connectivity index (χ0v) is 12.8. The molecule has 4 rings (SSSR count).